The van der Waals surface area contributed by atoms with E-state index in [0.717, 1.165) is 51.0 Å². The molecule has 0 radical (unpaired) electrons. The molecule has 2 N–H and O–H groups in total. The molecule has 0 aliphatic carbocycles. The monoisotopic (exact) mass is 381 g/mol. The summed E-state index contributed by atoms with van der Waals surface area (Å²) >= 11 is 0. The average Bonchev–Trinajstić information content (AvgIpc) is 2.69. The lowest BCUT2D eigenvalue weighted by atomic mass is 9.73. The predicted molar refractivity (Wildman–Crippen MR) is 111 cm³/mol. The predicted octanol–water partition coefficient (Wildman–Crippen LogP) is 3.60. The van der Waals surface area contributed by atoms with Crippen LogP contribution in [0.25, 0.3) is 0 Å². The molecule has 28 heavy (non-hydrogen) atoms. The molecule has 0 saturated carbocycles. The molecule has 0 bridgehead atoms. The second-order valence-electron chi connectivity index (χ2n) is 8.36. The molecule has 0 amide bonds. The number of piperidine rings is 1. The SMILES string of the molecule is CC(C)NCC1(Cc2cccc(C(=O)O)c2)CCN(Cc2cccnc2)CC1. The molecule has 2 aromatic rings. The van der Waals surface area contributed by atoms with Gasteiger partial charge in [-0.2, -0.15) is 0 Å². The number of benzene rings is 1. The molecule has 150 valence electrons. The minimum atomic E-state index is -0.859. The third-order valence-corrected chi connectivity index (χ3v) is 5.68. The van der Waals surface area contributed by atoms with Gasteiger partial charge in [-0.1, -0.05) is 32.0 Å². The zero-order valence-corrected chi connectivity index (χ0v) is 16.9. The fraction of sp³-hybridized carbons (Fsp3) is 0.478. The Hall–Kier alpha value is -2.24. The smallest absolute Gasteiger partial charge is 0.335 e. The van der Waals surface area contributed by atoms with Crippen LogP contribution >= 0.6 is 0 Å². The fourth-order valence-electron chi connectivity index (χ4n) is 4.02. The van der Waals surface area contributed by atoms with Crippen molar-refractivity contribution in [3.8, 4) is 0 Å². The van der Waals surface area contributed by atoms with E-state index >= 15 is 0 Å². The molecular weight excluding hydrogens is 350 g/mol. The number of rotatable bonds is 8. The van der Waals surface area contributed by atoms with Crippen molar-refractivity contribution in [3.05, 3.63) is 65.5 Å². The molecule has 5 heteroatoms. The first-order valence-electron chi connectivity index (χ1n) is 10.1. The molecule has 1 fully saturated rings. The Kier molecular flexibility index (Phi) is 6.81. The van der Waals surface area contributed by atoms with Crippen molar-refractivity contribution in [1.82, 2.24) is 15.2 Å². The van der Waals surface area contributed by atoms with Gasteiger partial charge < -0.3 is 10.4 Å². The van der Waals surface area contributed by atoms with E-state index in [1.54, 1.807) is 6.07 Å². The summed E-state index contributed by atoms with van der Waals surface area (Å²) in [5.41, 5.74) is 2.90. The maximum absolute atomic E-state index is 11.3. The summed E-state index contributed by atoms with van der Waals surface area (Å²) in [4.78, 5) is 18.1. The molecule has 1 aromatic heterocycles. The topological polar surface area (TPSA) is 65.5 Å². The van der Waals surface area contributed by atoms with Crippen LogP contribution in [0.5, 0.6) is 0 Å². The summed E-state index contributed by atoms with van der Waals surface area (Å²) in [5.74, 6) is -0.859. The Bertz CT molecular complexity index is 768. The largest absolute Gasteiger partial charge is 0.478 e. The quantitative estimate of drug-likeness (QED) is 0.731. The number of hydrogen-bond acceptors (Lipinski definition) is 4. The number of aromatic nitrogens is 1. The van der Waals surface area contributed by atoms with Gasteiger partial charge in [-0.05, 0) is 67.1 Å². The van der Waals surface area contributed by atoms with E-state index in [1.165, 1.54) is 5.56 Å². The first kappa shape index (κ1) is 20.5. The van der Waals surface area contributed by atoms with E-state index in [4.69, 9.17) is 0 Å². The van der Waals surface area contributed by atoms with Crippen molar-refractivity contribution >= 4 is 5.97 Å². The number of carboxylic acid groups (broad SMARTS) is 1. The summed E-state index contributed by atoms with van der Waals surface area (Å²) in [7, 11) is 0. The van der Waals surface area contributed by atoms with Crippen LogP contribution in [0.3, 0.4) is 0 Å². The summed E-state index contributed by atoms with van der Waals surface area (Å²) in [6, 6.07) is 12.0. The van der Waals surface area contributed by atoms with Crippen molar-refractivity contribution in [3.63, 3.8) is 0 Å². The summed E-state index contributed by atoms with van der Waals surface area (Å²) in [6.07, 6.45) is 6.87. The number of carbonyl (C=O) groups is 1. The van der Waals surface area contributed by atoms with Crippen molar-refractivity contribution < 1.29 is 9.90 Å². The van der Waals surface area contributed by atoms with Crippen LogP contribution in [0.4, 0.5) is 0 Å². The number of carboxylic acids is 1. The van der Waals surface area contributed by atoms with Gasteiger partial charge >= 0.3 is 5.97 Å². The highest BCUT2D eigenvalue weighted by atomic mass is 16.4. The van der Waals surface area contributed by atoms with Crippen LogP contribution in [0.1, 0.15) is 48.2 Å². The van der Waals surface area contributed by atoms with Gasteiger partial charge in [-0.25, -0.2) is 4.79 Å². The minimum absolute atomic E-state index is 0.160. The van der Waals surface area contributed by atoms with E-state index in [9.17, 15) is 9.90 Å². The van der Waals surface area contributed by atoms with Crippen molar-refractivity contribution in [2.75, 3.05) is 19.6 Å². The normalized spacial score (nSPS) is 17.0. The number of nitrogens with zero attached hydrogens (tertiary/aromatic N) is 2. The molecule has 1 aromatic carbocycles. The highest BCUT2D eigenvalue weighted by Gasteiger charge is 2.34. The maximum Gasteiger partial charge on any atom is 0.335 e. The minimum Gasteiger partial charge on any atom is -0.478 e. The molecule has 3 rings (SSSR count). The third-order valence-electron chi connectivity index (χ3n) is 5.68. The van der Waals surface area contributed by atoms with Crippen LogP contribution in [0, 0.1) is 5.41 Å². The van der Waals surface area contributed by atoms with E-state index in [0.29, 0.717) is 11.6 Å². The first-order chi connectivity index (χ1) is 13.5. The Morgan fingerprint density at radius 3 is 2.61 bits per heavy atom. The van der Waals surface area contributed by atoms with E-state index < -0.39 is 5.97 Å². The molecule has 0 atom stereocenters. The van der Waals surface area contributed by atoms with E-state index in [2.05, 4.69) is 41.2 Å². The number of nitrogens with one attached hydrogen (secondary N) is 1. The van der Waals surface area contributed by atoms with Crippen molar-refractivity contribution in [2.45, 2.75) is 45.7 Å². The first-order valence-corrected chi connectivity index (χ1v) is 10.1. The Labute approximate surface area is 167 Å². The van der Waals surface area contributed by atoms with Gasteiger partial charge in [0.1, 0.15) is 0 Å². The van der Waals surface area contributed by atoms with Gasteiger partial charge in [0.25, 0.3) is 0 Å². The Morgan fingerprint density at radius 1 is 1.21 bits per heavy atom. The van der Waals surface area contributed by atoms with Crippen molar-refractivity contribution in [1.29, 1.82) is 0 Å². The Balaban J connectivity index is 1.69. The summed E-state index contributed by atoms with van der Waals surface area (Å²) in [6.45, 7) is 8.35. The average molecular weight is 382 g/mol. The second-order valence-corrected chi connectivity index (χ2v) is 8.36. The standard InChI is InChI=1S/C23H31N3O2/c1-18(2)25-17-23(14-19-5-3-7-21(13-19)22(27)28)8-11-26(12-9-23)16-20-6-4-10-24-15-20/h3-7,10,13,15,18,25H,8-9,11-12,14,16-17H2,1-2H3,(H,27,28). The van der Waals surface area contributed by atoms with Gasteiger partial charge in [-0.3, -0.25) is 9.88 Å². The highest BCUT2D eigenvalue weighted by molar-refractivity contribution is 5.87. The lowest BCUT2D eigenvalue weighted by molar-refractivity contribution is 0.0696. The van der Waals surface area contributed by atoms with Gasteiger partial charge in [0.15, 0.2) is 0 Å². The molecule has 1 saturated heterocycles. The summed E-state index contributed by atoms with van der Waals surface area (Å²) in [5, 5.41) is 12.9. The molecule has 5 nitrogen and oxygen atoms in total. The number of pyridine rings is 1. The van der Waals surface area contributed by atoms with E-state index in [-0.39, 0.29) is 5.41 Å². The van der Waals surface area contributed by atoms with Gasteiger partial charge in [0.2, 0.25) is 0 Å². The Morgan fingerprint density at radius 2 is 1.96 bits per heavy atom. The van der Waals surface area contributed by atoms with Gasteiger partial charge in [0, 0.05) is 31.5 Å². The number of likely N-dealkylation sites (tertiary alicyclic amines) is 1. The zero-order valence-electron chi connectivity index (χ0n) is 16.9. The van der Waals surface area contributed by atoms with Crippen LogP contribution in [-0.2, 0) is 13.0 Å². The highest BCUT2D eigenvalue weighted by Crippen LogP contribution is 2.35. The van der Waals surface area contributed by atoms with Gasteiger partial charge in [0.05, 0.1) is 5.56 Å². The number of aromatic carboxylic acids is 1. The molecule has 0 spiro atoms. The second kappa shape index (κ2) is 9.30. The molecule has 1 aliphatic heterocycles. The van der Waals surface area contributed by atoms with Crippen LogP contribution < -0.4 is 5.32 Å². The summed E-state index contributed by atoms with van der Waals surface area (Å²) < 4.78 is 0. The fourth-order valence-corrected chi connectivity index (χ4v) is 4.02. The van der Waals surface area contributed by atoms with Crippen LogP contribution in [0.2, 0.25) is 0 Å². The van der Waals surface area contributed by atoms with Crippen LogP contribution in [0.15, 0.2) is 48.8 Å². The zero-order chi connectivity index (χ0) is 20.0. The van der Waals surface area contributed by atoms with Crippen LogP contribution in [-0.4, -0.2) is 46.6 Å². The lowest BCUT2D eigenvalue weighted by Gasteiger charge is -2.43. The molecule has 2 heterocycles. The molecule has 0 unspecified atom stereocenters. The lowest BCUT2D eigenvalue weighted by Crippen LogP contribution is -2.47. The van der Waals surface area contributed by atoms with Crippen molar-refractivity contribution in [2.24, 2.45) is 5.41 Å². The molecule has 1 aliphatic rings. The third kappa shape index (κ3) is 5.63. The number of hydrogen-bond donors (Lipinski definition) is 2. The van der Waals surface area contributed by atoms with E-state index in [1.807, 2.05) is 30.6 Å². The molecular formula is C23H31N3O2. The van der Waals surface area contributed by atoms with Gasteiger partial charge in [-0.15, -0.1) is 0 Å². The maximum atomic E-state index is 11.3.